The van der Waals surface area contributed by atoms with Gasteiger partial charge in [-0.3, -0.25) is 0 Å². The molecule has 2 N–H and O–H groups in total. The fourth-order valence-corrected chi connectivity index (χ4v) is 2.74. The molecule has 0 aliphatic rings. The van der Waals surface area contributed by atoms with Gasteiger partial charge in [0, 0.05) is 11.9 Å². The molecule has 156 valence electrons. The second kappa shape index (κ2) is 9.04. The summed E-state index contributed by atoms with van der Waals surface area (Å²) >= 11 is 3.45. The molecule has 0 aliphatic heterocycles. The van der Waals surface area contributed by atoms with Crippen molar-refractivity contribution in [1.29, 1.82) is 0 Å². The highest BCUT2D eigenvalue weighted by atomic mass is 79.9. The average Bonchev–Trinajstić information content (AvgIpc) is 2.67. The molecule has 0 fully saturated rings. The number of aromatic nitrogens is 1. The van der Waals surface area contributed by atoms with Crippen LogP contribution in [0.15, 0.2) is 65.3 Å². The lowest BCUT2D eigenvalue weighted by Crippen LogP contribution is -2.20. The van der Waals surface area contributed by atoms with E-state index in [-0.39, 0.29) is 17.3 Å². The van der Waals surface area contributed by atoms with Crippen LogP contribution in [0.3, 0.4) is 0 Å². The maximum absolute atomic E-state index is 12.3. The number of aryl methyl sites for hydroxylation is 1. The first-order chi connectivity index (χ1) is 14.2. The number of hydrogen-bond donors (Lipinski definition) is 2. The number of benzene rings is 2. The van der Waals surface area contributed by atoms with E-state index in [9.17, 15) is 18.0 Å². The zero-order valence-corrected chi connectivity index (χ0v) is 17.0. The van der Waals surface area contributed by atoms with E-state index >= 15 is 0 Å². The van der Waals surface area contributed by atoms with Crippen LogP contribution in [0.5, 0.6) is 17.4 Å². The average molecular weight is 482 g/mol. The highest BCUT2D eigenvalue weighted by Crippen LogP contribution is 2.34. The third-order valence-electron chi connectivity index (χ3n) is 3.73. The highest BCUT2D eigenvalue weighted by Gasteiger charge is 2.31. The van der Waals surface area contributed by atoms with E-state index < -0.39 is 12.4 Å². The Morgan fingerprint density at radius 1 is 1.03 bits per heavy atom. The highest BCUT2D eigenvalue weighted by molar-refractivity contribution is 9.10. The molecule has 0 saturated heterocycles. The van der Waals surface area contributed by atoms with E-state index in [0.717, 1.165) is 22.2 Å². The lowest BCUT2D eigenvalue weighted by molar-refractivity contribution is -0.274. The molecule has 0 radical (unpaired) electrons. The monoisotopic (exact) mass is 481 g/mol. The van der Waals surface area contributed by atoms with Crippen molar-refractivity contribution >= 4 is 33.3 Å². The van der Waals surface area contributed by atoms with E-state index in [1.54, 1.807) is 18.2 Å². The Kier molecular flexibility index (Phi) is 6.46. The lowest BCUT2D eigenvalue weighted by atomic mass is 10.2. The van der Waals surface area contributed by atoms with Crippen LogP contribution in [0.1, 0.15) is 5.56 Å². The Morgan fingerprint density at radius 2 is 1.77 bits per heavy atom. The van der Waals surface area contributed by atoms with Gasteiger partial charge < -0.3 is 20.1 Å². The molecule has 0 saturated carbocycles. The number of ether oxygens (including phenoxy) is 2. The standard InChI is InChI=1S/C20H15BrF3N3O3/c1-12-4-2-6-16(17(12)21)29-18-15(5-3-11-25-18)27-19(28)26-13-7-9-14(10-8-13)30-20(22,23)24/h2-11H,1H3,(H2,26,27,28). The molecule has 1 heterocycles. The second-order valence-corrected chi connectivity index (χ2v) is 6.79. The fourth-order valence-electron chi connectivity index (χ4n) is 2.40. The van der Waals surface area contributed by atoms with Crippen molar-refractivity contribution in [1.82, 2.24) is 4.98 Å². The van der Waals surface area contributed by atoms with Gasteiger partial charge in [-0.15, -0.1) is 13.2 Å². The largest absolute Gasteiger partial charge is 0.573 e. The van der Waals surface area contributed by atoms with E-state index in [2.05, 4.69) is 36.3 Å². The van der Waals surface area contributed by atoms with Crippen LogP contribution in [0.25, 0.3) is 0 Å². The first-order valence-electron chi connectivity index (χ1n) is 8.53. The maximum atomic E-state index is 12.3. The predicted octanol–water partition coefficient (Wildman–Crippen LogP) is 6.49. The number of amides is 2. The van der Waals surface area contributed by atoms with Gasteiger partial charge in [0.15, 0.2) is 0 Å². The van der Waals surface area contributed by atoms with Crippen molar-refractivity contribution in [3.63, 3.8) is 0 Å². The van der Waals surface area contributed by atoms with E-state index in [1.807, 2.05) is 19.1 Å². The summed E-state index contributed by atoms with van der Waals surface area (Å²) in [5.74, 6) is 0.311. The minimum Gasteiger partial charge on any atom is -0.436 e. The molecule has 0 atom stereocenters. The number of anilines is 2. The van der Waals surface area contributed by atoms with E-state index in [4.69, 9.17) is 4.74 Å². The molecule has 2 amide bonds. The molecule has 3 aromatic rings. The first-order valence-corrected chi connectivity index (χ1v) is 9.32. The predicted molar refractivity (Wildman–Crippen MR) is 109 cm³/mol. The molecule has 0 spiro atoms. The van der Waals surface area contributed by atoms with Crippen LogP contribution in [0, 0.1) is 6.92 Å². The van der Waals surface area contributed by atoms with Gasteiger partial charge in [0.1, 0.15) is 17.2 Å². The molecule has 0 bridgehead atoms. The van der Waals surface area contributed by atoms with Crippen LogP contribution in [0.2, 0.25) is 0 Å². The second-order valence-electron chi connectivity index (χ2n) is 6.00. The van der Waals surface area contributed by atoms with Gasteiger partial charge in [-0.25, -0.2) is 9.78 Å². The minimum absolute atomic E-state index is 0.174. The van der Waals surface area contributed by atoms with Crippen molar-refractivity contribution in [2.24, 2.45) is 0 Å². The van der Waals surface area contributed by atoms with Crippen LogP contribution < -0.4 is 20.1 Å². The summed E-state index contributed by atoms with van der Waals surface area (Å²) < 4.78 is 47.0. The molecule has 3 rings (SSSR count). The van der Waals surface area contributed by atoms with E-state index in [1.165, 1.54) is 18.3 Å². The maximum Gasteiger partial charge on any atom is 0.573 e. The SMILES string of the molecule is Cc1cccc(Oc2ncccc2NC(=O)Nc2ccc(OC(F)(F)F)cc2)c1Br. The molecule has 0 unspecified atom stereocenters. The van der Waals surface area contributed by atoms with Crippen LogP contribution in [0.4, 0.5) is 29.3 Å². The van der Waals surface area contributed by atoms with Crippen molar-refractivity contribution in [3.8, 4) is 17.4 Å². The Balaban J connectivity index is 1.68. The zero-order valence-electron chi connectivity index (χ0n) is 15.5. The van der Waals surface area contributed by atoms with Crippen LogP contribution in [-0.4, -0.2) is 17.4 Å². The summed E-state index contributed by atoms with van der Waals surface area (Å²) in [7, 11) is 0. The summed E-state index contributed by atoms with van der Waals surface area (Å²) in [6.07, 6.45) is -3.27. The third kappa shape index (κ3) is 5.86. The summed E-state index contributed by atoms with van der Waals surface area (Å²) in [6.45, 7) is 1.91. The van der Waals surface area contributed by atoms with Gasteiger partial charge in [0.2, 0.25) is 5.88 Å². The summed E-state index contributed by atoms with van der Waals surface area (Å²) in [5.41, 5.74) is 1.55. The normalized spacial score (nSPS) is 11.0. The topological polar surface area (TPSA) is 72.5 Å². The number of rotatable bonds is 5. The molecular weight excluding hydrogens is 467 g/mol. The Morgan fingerprint density at radius 3 is 2.47 bits per heavy atom. The summed E-state index contributed by atoms with van der Waals surface area (Å²) in [5, 5.41) is 5.11. The summed E-state index contributed by atoms with van der Waals surface area (Å²) in [6, 6.07) is 12.8. The summed E-state index contributed by atoms with van der Waals surface area (Å²) in [4.78, 5) is 16.4. The molecule has 2 aromatic carbocycles. The third-order valence-corrected chi connectivity index (χ3v) is 4.74. The number of nitrogens with zero attached hydrogens (tertiary/aromatic N) is 1. The Labute approximate surface area is 178 Å². The molecule has 30 heavy (non-hydrogen) atoms. The number of hydrogen-bond acceptors (Lipinski definition) is 4. The Hall–Kier alpha value is -3.27. The number of halogens is 4. The van der Waals surface area contributed by atoms with Crippen LogP contribution in [-0.2, 0) is 0 Å². The van der Waals surface area contributed by atoms with Gasteiger partial charge >= 0.3 is 12.4 Å². The van der Waals surface area contributed by atoms with Crippen molar-refractivity contribution in [3.05, 3.63) is 70.8 Å². The van der Waals surface area contributed by atoms with Crippen molar-refractivity contribution < 1.29 is 27.4 Å². The Bertz CT molecular complexity index is 1040. The van der Waals surface area contributed by atoms with Gasteiger partial charge in [-0.2, -0.15) is 0 Å². The minimum atomic E-state index is -4.78. The van der Waals surface area contributed by atoms with Crippen LogP contribution >= 0.6 is 15.9 Å². The molecule has 6 nitrogen and oxygen atoms in total. The number of carbonyl (C=O) groups is 1. The lowest BCUT2D eigenvalue weighted by Gasteiger charge is -2.13. The van der Waals surface area contributed by atoms with E-state index in [0.29, 0.717) is 11.4 Å². The van der Waals surface area contributed by atoms with Crippen molar-refractivity contribution in [2.45, 2.75) is 13.3 Å². The van der Waals surface area contributed by atoms with Gasteiger partial charge in [0.25, 0.3) is 0 Å². The number of pyridine rings is 1. The molecule has 1 aromatic heterocycles. The quantitative estimate of drug-likeness (QED) is 0.436. The van der Waals surface area contributed by atoms with Crippen molar-refractivity contribution in [2.75, 3.05) is 10.6 Å². The smallest absolute Gasteiger partial charge is 0.436 e. The number of urea groups is 1. The van der Waals surface area contributed by atoms with Gasteiger partial charge in [-0.05, 0) is 70.9 Å². The first kappa shape index (κ1) is 21.4. The number of nitrogens with one attached hydrogen (secondary N) is 2. The molecular formula is C20H15BrF3N3O3. The number of carbonyl (C=O) groups excluding carboxylic acids is 1. The zero-order chi connectivity index (χ0) is 21.7. The van der Waals surface area contributed by atoms with Gasteiger partial charge in [-0.1, -0.05) is 12.1 Å². The van der Waals surface area contributed by atoms with Gasteiger partial charge in [0.05, 0.1) is 4.47 Å². The number of alkyl halides is 3. The molecule has 10 heteroatoms. The fraction of sp³-hybridized carbons (Fsp3) is 0.100. The molecule has 0 aliphatic carbocycles.